The van der Waals surface area contributed by atoms with Crippen LogP contribution in [-0.4, -0.2) is 162 Å². The third kappa shape index (κ3) is 14.1. The Morgan fingerprint density at radius 1 is 0.922 bits per heavy atom. The van der Waals surface area contributed by atoms with Gasteiger partial charge in [-0.2, -0.15) is 0 Å². The van der Waals surface area contributed by atoms with Gasteiger partial charge in [0.1, 0.15) is 30.1 Å². The van der Waals surface area contributed by atoms with Crippen LogP contribution in [0.5, 0.6) is 0 Å². The zero-order chi connectivity index (χ0) is 47.3. The predicted octanol–water partition coefficient (Wildman–Crippen LogP) is 3.38. The average molecular weight is 908 g/mol. The number of ketones is 2. The number of allylic oxidation sites excluding steroid dienone is 4. The molecule has 364 valence electrons. The van der Waals surface area contributed by atoms with Gasteiger partial charge in [-0.25, -0.2) is 4.79 Å². The van der Waals surface area contributed by atoms with Crippen LogP contribution in [0.25, 0.3) is 0 Å². The van der Waals surface area contributed by atoms with Crippen molar-refractivity contribution < 1.29 is 73.1 Å². The fourth-order valence-electron chi connectivity index (χ4n) is 9.88. The largest absolute Gasteiger partial charge is 0.456 e. The number of aliphatic hydroxyl groups excluding tert-OH is 4. The van der Waals surface area contributed by atoms with Crippen molar-refractivity contribution in [2.75, 3.05) is 47.7 Å². The molecule has 16 heteroatoms. The van der Waals surface area contributed by atoms with Crippen LogP contribution in [-0.2, 0) is 47.6 Å². The van der Waals surface area contributed by atoms with Crippen molar-refractivity contribution in [3.8, 4) is 0 Å². The minimum absolute atomic E-state index is 0.0476. The lowest BCUT2D eigenvalue weighted by atomic mass is 9.81. The number of esters is 1. The van der Waals surface area contributed by atoms with Crippen molar-refractivity contribution in [2.45, 2.75) is 166 Å². The van der Waals surface area contributed by atoms with E-state index >= 15 is 0 Å². The molecule has 0 aromatic heterocycles. The number of hydrogen-bond acceptors (Lipinski definition) is 15. The smallest absolute Gasteiger partial charge is 0.329 e. The van der Waals surface area contributed by atoms with E-state index in [1.54, 1.807) is 40.0 Å². The molecule has 0 radical (unpaired) electrons. The van der Waals surface area contributed by atoms with Crippen LogP contribution in [0.15, 0.2) is 35.5 Å². The molecular weight excluding hydrogens is 831 g/mol. The number of ether oxygens (including phenoxy) is 6. The van der Waals surface area contributed by atoms with E-state index in [1.165, 1.54) is 14.2 Å². The van der Waals surface area contributed by atoms with Crippen molar-refractivity contribution in [3.63, 3.8) is 0 Å². The second kappa shape index (κ2) is 25.3. The molecule has 1 amide bonds. The summed E-state index contributed by atoms with van der Waals surface area (Å²) in [6.07, 6.45) is 4.96. The maximum absolute atomic E-state index is 14.4. The van der Waals surface area contributed by atoms with Crippen LogP contribution >= 0.6 is 0 Å². The van der Waals surface area contributed by atoms with Crippen LogP contribution in [0, 0.1) is 29.6 Å². The number of hydrogen-bond donors (Lipinski definition) is 5. The minimum Gasteiger partial charge on any atom is -0.456 e. The third-order valence-electron chi connectivity index (χ3n) is 13.7. The van der Waals surface area contributed by atoms with Gasteiger partial charge in [0.15, 0.2) is 0 Å². The van der Waals surface area contributed by atoms with Gasteiger partial charge in [-0.1, -0.05) is 50.6 Å². The maximum atomic E-state index is 14.4. The van der Waals surface area contributed by atoms with Crippen LogP contribution in [0.4, 0.5) is 0 Å². The molecule has 1 aliphatic carbocycles. The molecule has 15 atom stereocenters. The van der Waals surface area contributed by atoms with Crippen LogP contribution < -0.4 is 0 Å². The van der Waals surface area contributed by atoms with Gasteiger partial charge < -0.3 is 58.9 Å². The summed E-state index contributed by atoms with van der Waals surface area (Å²) in [5.74, 6) is -8.24. The molecule has 3 heterocycles. The Kier molecular flexibility index (Phi) is 21.2. The summed E-state index contributed by atoms with van der Waals surface area (Å²) in [6.45, 7) is 8.79. The molecule has 0 aromatic rings. The lowest BCUT2D eigenvalue weighted by Gasteiger charge is -2.47. The number of nitrogens with zero attached hydrogens (tertiary/aromatic N) is 1. The molecule has 5 N–H and O–H groups in total. The molecule has 4 rings (SSSR count). The number of cyclic esters (lactones) is 1. The van der Waals surface area contributed by atoms with E-state index in [0.29, 0.717) is 50.5 Å². The highest BCUT2D eigenvalue weighted by Crippen LogP contribution is 2.39. The first-order valence-corrected chi connectivity index (χ1v) is 23.2. The van der Waals surface area contributed by atoms with E-state index < -0.39 is 96.6 Å². The Morgan fingerprint density at radius 2 is 1.61 bits per heavy atom. The van der Waals surface area contributed by atoms with E-state index in [2.05, 4.69) is 0 Å². The second-order valence-corrected chi connectivity index (χ2v) is 18.8. The zero-order valence-electron chi connectivity index (χ0n) is 39.3. The van der Waals surface area contributed by atoms with Crippen molar-refractivity contribution in [1.29, 1.82) is 0 Å². The van der Waals surface area contributed by atoms with Gasteiger partial charge >= 0.3 is 5.97 Å². The van der Waals surface area contributed by atoms with Gasteiger partial charge in [-0.3, -0.25) is 14.4 Å². The zero-order valence-corrected chi connectivity index (χ0v) is 39.3. The predicted molar refractivity (Wildman–Crippen MR) is 235 cm³/mol. The highest BCUT2D eigenvalue weighted by molar-refractivity contribution is 6.39. The van der Waals surface area contributed by atoms with E-state index in [-0.39, 0.29) is 69.2 Å². The van der Waals surface area contributed by atoms with Gasteiger partial charge in [0, 0.05) is 52.0 Å². The number of fused-ring (bicyclic) bond motifs is 3. The van der Waals surface area contributed by atoms with Crippen molar-refractivity contribution in [3.05, 3.63) is 35.5 Å². The van der Waals surface area contributed by atoms with Gasteiger partial charge in [-0.05, 0) is 95.5 Å². The first-order valence-electron chi connectivity index (χ1n) is 23.2. The summed E-state index contributed by atoms with van der Waals surface area (Å²) < 4.78 is 35.3. The summed E-state index contributed by atoms with van der Waals surface area (Å²) in [5, 5.41) is 53.2. The lowest BCUT2D eigenvalue weighted by molar-refractivity contribution is -0.302. The van der Waals surface area contributed by atoms with Crippen molar-refractivity contribution in [1.82, 2.24) is 4.90 Å². The summed E-state index contributed by atoms with van der Waals surface area (Å²) in [6, 6.07) is -1.18. The van der Waals surface area contributed by atoms with E-state index in [4.69, 9.17) is 33.5 Å². The summed E-state index contributed by atoms with van der Waals surface area (Å²) in [7, 11) is 4.57. The van der Waals surface area contributed by atoms with Gasteiger partial charge in [0.05, 0.1) is 50.3 Å². The van der Waals surface area contributed by atoms with Gasteiger partial charge in [0.2, 0.25) is 5.79 Å². The van der Waals surface area contributed by atoms with E-state index in [9.17, 15) is 39.6 Å². The molecule has 1 saturated carbocycles. The normalized spacial score (nSPS) is 38.5. The second-order valence-electron chi connectivity index (χ2n) is 18.8. The molecule has 3 aliphatic heterocycles. The Balaban J connectivity index is 1.77. The average Bonchev–Trinajstić information content (AvgIpc) is 3.27. The maximum Gasteiger partial charge on any atom is 0.329 e. The number of carbonyl (C=O) groups excluding carboxylic acids is 4. The molecule has 16 nitrogen and oxygen atoms in total. The first kappa shape index (κ1) is 53.7. The topological polar surface area (TPSA) is 228 Å². The third-order valence-corrected chi connectivity index (χ3v) is 13.7. The van der Waals surface area contributed by atoms with Crippen LogP contribution in [0.2, 0.25) is 0 Å². The SMILES string of the molecule is CO[C@H]1C[C@@H](C)C/C(C)=C/[C@@H](C/C=C/COC[C@H](O)CO)C(=O)C[C@H](O)[C@@H](C)[C@@H](/C(C)=C/[C@@H]2CC[C@@H](O)[C@H](OC)C2)OC(=O)[C@@H]2CCCCN2C(=O)C(=O)[C@]2(O)O[C@H]1[C@@H](OC)C[C@H]2C. The Labute approximate surface area is 379 Å². The number of methoxy groups -OCH3 is 3. The van der Waals surface area contributed by atoms with Gasteiger partial charge in [-0.15, -0.1) is 0 Å². The quantitative estimate of drug-likeness (QED) is 0.0819. The Bertz CT molecular complexity index is 1630. The number of amides is 1. The highest BCUT2D eigenvalue weighted by Gasteiger charge is 2.56. The standard InChI is InChI=1S/C48H77NO15/c1-28-19-29(2)21-41(60-7)44-42(61-8)23-31(4)48(58,64-44)45(55)46(56)49-17-11-9-14-36(49)47(57)63-43(30(3)22-33-15-16-37(52)40(24-33)59-6)32(5)38(53)25-39(54)34(20-28)13-10-12-18-62-27-35(51)26-50/h10,12,20,22,29,31-38,40-44,50-53,58H,9,11,13-19,21,23-27H2,1-8H3/b12-10+,28-20+,30-22+/t29-,31+,32+,33-,34+,35+,36-,37+,38-,40+,41-,42-,43+,44+,48+/m0/s1. The highest BCUT2D eigenvalue weighted by atomic mass is 16.7. The molecule has 0 unspecified atom stereocenters. The molecule has 2 bridgehead atoms. The van der Waals surface area contributed by atoms with E-state index in [1.807, 2.05) is 26.0 Å². The number of aliphatic hydroxyl groups is 5. The number of rotatable bonds is 12. The number of carbonyl (C=O) groups is 4. The van der Waals surface area contributed by atoms with Crippen molar-refractivity contribution in [2.24, 2.45) is 29.6 Å². The fourth-order valence-corrected chi connectivity index (χ4v) is 9.88. The fraction of sp³-hybridized carbons (Fsp3) is 0.792. The van der Waals surface area contributed by atoms with Crippen LogP contribution in [0.3, 0.4) is 0 Å². The molecule has 4 aliphatic rings. The number of Topliss-reactive ketones (excluding diaryl/α,β-unsaturated/α-hetero) is 2. The Morgan fingerprint density at radius 3 is 2.28 bits per heavy atom. The summed E-state index contributed by atoms with van der Waals surface area (Å²) in [4.78, 5) is 58.5. The molecule has 2 saturated heterocycles. The Hall–Kier alpha value is -2.90. The van der Waals surface area contributed by atoms with Crippen molar-refractivity contribution >= 4 is 23.4 Å². The van der Waals surface area contributed by atoms with E-state index in [0.717, 1.165) is 10.5 Å². The monoisotopic (exact) mass is 908 g/mol. The van der Waals surface area contributed by atoms with Crippen LogP contribution in [0.1, 0.15) is 105 Å². The number of piperidine rings is 1. The molecule has 0 spiro atoms. The summed E-state index contributed by atoms with van der Waals surface area (Å²) >= 11 is 0. The first-order chi connectivity index (χ1) is 30.4. The van der Waals surface area contributed by atoms with Gasteiger partial charge in [0.25, 0.3) is 11.7 Å². The lowest BCUT2D eigenvalue weighted by Crippen LogP contribution is -2.64. The molecule has 3 fully saturated rings. The molecular formula is C48H77NO15. The molecule has 64 heavy (non-hydrogen) atoms. The summed E-state index contributed by atoms with van der Waals surface area (Å²) in [5.41, 5.74) is 1.52. The minimum atomic E-state index is -2.55. The molecule has 0 aromatic carbocycles.